The summed E-state index contributed by atoms with van der Waals surface area (Å²) in [6.45, 7) is 1.33. The van der Waals surface area contributed by atoms with E-state index >= 15 is 0 Å². The molecular weight excluding hydrogens is 372 g/mol. The van der Waals surface area contributed by atoms with E-state index < -0.39 is 0 Å². The van der Waals surface area contributed by atoms with Crippen LogP contribution in [0, 0.1) is 0 Å². The smallest absolute Gasteiger partial charge is 0.220 e. The van der Waals surface area contributed by atoms with Crippen LogP contribution in [0.4, 0.5) is 0 Å². The fourth-order valence-corrected chi connectivity index (χ4v) is 3.75. The summed E-state index contributed by atoms with van der Waals surface area (Å²) in [6, 6.07) is 26.6. The number of methoxy groups -OCH3 is 1. The van der Waals surface area contributed by atoms with E-state index in [0.29, 0.717) is 19.4 Å². The van der Waals surface area contributed by atoms with Crippen LogP contribution >= 0.6 is 0 Å². The molecule has 0 saturated carbocycles. The number of hydrogen-bond acceptors (Lipinski definition) is 2. The molecule has 1 heterocycles. The maximum Gasteiger partial charge on any atom is 0.220 e. The first-order valence-corrected chi connectivity index (χ1v) is 10.2. The Balaban J connectivity index is 1.41. The van der Waals surface area contributed by atoms with Gasteiger partial charge in [0.1, 0.15) is 5.75 Å². The van der Waals surface area contributed by atoms with Gasteiger partial charge in [-0.1, -0.05) is 60.7 Å². The van der Waals surface area contributed by atoms with Crippen LogP contribution in [-0.2, 0) is 24.3 Å². The lowest BCUT2D eigenvalue weighted by molar-refractivity contribution is -0.121. The Kier molecular flexibility index (Phi) is 6.14. The second-order valence-corrected chi connectivity index (χ2v) is 7.41. The first-order valence-electron chi connectivity index (χ1n) is 10.2. The normalized spacial score (nSPS) is 10.8. The molecule has 0 unspecified atom stereocenters. The lowest BCUT2D eigenvalue weighted by Crippen LogP contribution is -2.22. The third kappa shape index (κ3) is 4.71. The molecule has 152 valence electrons. The molecule has 0 atom stereocenters. The summed E-state index contributed by atoms with van der Waals surface area (Å²) in [4.78, 5) is 12.4. The quantitative estimate of drug-likeness (QED) is 0.456. The zero-order valence-corrected chi connectivity index (χ0v) is 17.2. The van der Waals surface area contributed by atoms with Gasteiger partial charge in [0.2, 0.25) is 5.91 Å². The molecule has 0 bridgehead atoms. The highest BCUT2D eigenvalue weighted by Gasteiger charge is 2.10. The predicted molar refractivity (Wildman–Crippen MR) is 121 cm³/mol. The van der Waals surface area contributed by atoms with Crippen molar-refractivity contribution in [2.45, 2.75) is 25.9 Å². The van der Waals surface area contributed by atoms with Gasteiger partial charge < -0.3 is 14.6 Å². The van der Waals surface area contributed by atoms with Gasteiger partial charge in [0.05, 0.1) is 7.11 Å². The molecule has 4 nitrogen and oxygen atoms in total. The summed E-state index contributed by atoms with van der Waals surface area (Å²) >= 11 is 0. The fraction of sp³-hybridized carbons (Fsp3) is 0.192. The highest BCUT2D eigenvalue weighted by molar-refractivity contribution is 5.85. The number of para-hydroxylation sites is 1. The number of aromatic nitrogens is 1. The van der Waals surface area contributed by atoms with Crippen LogP contribution < -0.4 is 10.1 Å². The molecule has 0 aliphatic heterocycles. The molecule has 0 saturated heterocycles. The van der Waals surface area contributed by atoms with E-state index in [1.165, 1.54) is 22.0 Å². The molecule has 0 aliphatic carbocycles. The molecule has 4 aromatic rings. The summed E-state index contributed by atoms with van der Waals surface area (Å²) in [6.07, 6.45) is 3.36. The first kappa shape index (κ1) is 19.8. The Morgan fingerprint density at radius 2 is 1.70 bits per heavy atom. The van der Waals surface area contributed by atoms with E-state index in [1.54, 1.807) is 7.11 Å². The highest BCUT2D eigenvalue weighted by Crippen LogP contribution is 2.23. The van der Waals surface area contributed by atoms with Crippen LogP contribution in [0.3, 0.4) is 0 Å². The molecule has 0 fully saturated rings. The molecule has 4 rings (SSSR count). The number of aryl methyl sites for hydroxylation is 1. The van der Waals surface area contributed by atoms with Crippen molar-refractivity contribution >= 4 is 16.8 Å². The van der Waals surface area contributed by atoms with Crippen molar-refractivity contribution in [2.75, 3.05) is 7.11 Å². The van der Waals surface area contributed by atoms with Gasteiger partial charge in [-0.05, 0) is 41.3 Å². The van der Waals surface area contributed by atoms with Crippen molar-refractivity contribution < 1.29 is 9.53 Å². The second-order valence-electron chi connectivity index (χ2n) is 7.41. The lowest BCUT2D eigenvalue weighted by atomic mass is 10.1. The number of nitrogens with one attached hydrogen (secondary N) is 1. The van der Waals surface area contributed by atoms with E-state index in [4.69, 9.17) is 4.74 Å². The minimum Gasteiger partial charge on any atom is -0.497 e. The van der Waals surface area contributed by atoms with Gasteiger partial charge in [0.25, 0.3) is 0 Å². The summed E-state index contributed by atoms with van der Waals surface area (Å²) in [5.41, 5.74) is 4.70. The third-order valence-electron chi connectivity index (χ3n) is 5.31. The summed E-state index contributed by atoms with van der Waals surface area (Å²) in [5.74, 6) is 0.852. The number of nitrogens with zero attached hydrogens (tertiary/aromatic N) is 1. The van der Waals surface area contributed by atoms with Gasteiger partial charge in [0, 0.05) is 36.6 Å². The monoisotopic (exact) mass is 398 g/mol. The van der Waals surface area contributed by atoms with Gasteiger partial charge in [-0.25, -0.2) is 0 Å². The van der Waals surface area contributed by atoms with E-state index in [2.05, 4.69) is 64.6 Å². The zero-order valence-electron chi connectivity index (χ0n) is 17.2. The number of hydrogen-bond donors (Lipinski definition) is 1. The minimum atomic E-state index is 0.0534. The number of amides is 1. The standard InChI is InChI=1S/C26H26N2O2/c1-30-23-11-7-10-21(16-23)17-27-26(29)15-14-22-19-28(18-20-8-3-2-4-9-20)25-13-6-5-12-24(22)25/h2-13,16,19H,14-15,17-18H2,1H3,(H,27,29). The zero-order chi connectivity index (χ0) is 20.8. The van der Waals surface area contributed by atoms with Crippen LogP contribution in [0.5, 0.6) is 5.75 Å². The van der Waals surface area contributed by atoms with Gasteiger partial charge in [-0.15, -0.1) is 0 Å². The first-order chi connectivity index (χ1) is 14.7. The molecule has 0 aliphatic rings. The van der Waals surface area contributed by atoms with Crippen LogP contribution in [0.2, 0.25) is 0 Å². The number of fused-ring (bicyclic) bond motifs is 1. The molecule has 1 aromatic heterocycles. The molecule has 0 radical (unpaired) electrons. The summed E-state index contributed by atoms with van der Waals surface area (Å²) in [7, 11) is 1.64. The van der Waals surface area contributed by atoms with Crippen LogP contribution in [0.15, 0.2) is 85.1 Å². The Morgan fingerprint density at radius 3 is 2.53 bits per heavy atom. The van der Waals surface area contributed by atoms with Gasteiger partial charge >= 0.3 is 0 Å². The number of ether oxygens (including phenoxy) is 1. The number of rotatable bonds is 8. The topological polar surface area (TPSA) is 43.3 Å². The van der Waals surface area contributed by atoms with Crippen molar-refractivity contribution in [3.8, 4) is 5.75 Å². The molecule has 30 heavy (non-hydrogen) atoms. The van der Waals surface area contributed by atoms with Gasteiger partial charge in [-0.3, -0.25) is 4.79 Å². The minimum absolute atomic E-state index is 0.0534. The molecule has 0 spiro atoms. The maximum atomic E-state index is 12.4. The largest absolute Gasteiger partial charge is 0.497 e. The Bertz CT molecular complexity index is 1130. The summed E-state index contributed by atoms with van der Waals surface area (Å²) in [5, 5.41) is 4.23. The maximum absolute atomic E-state index is 12.4. The van der Waals surface area contributed by atoms with Crippen LogP contribution in [-0.4, -0.2) is 17.6 Å². The number of benzene rings is 3. The average molecular weight is 399 g/mol. The summed E-state index contributed by atoms with van der Waals surface area (Å²) < 4.78 is 7.51. The fourth-order valence-electron chi connectivity index (χ4n) is 3.75. The average Bonchev–Trinajstić information content (AvgIpc) is 3.14. The predicted octanol–water partition coefficient (Wildman–Crippen LogP) is 4.95. The van der Waals surface area contributed by atoms with Crippen LogP contribution in [0.1, 0.15) is 23.1 Å². The van der Waals surface area contributed by atoms with Crippen molar-refractivity contribution in [1.82, 2.24) is 9.88 Å². The third-order valence-corrected chi connectivity index (χ3v) is 5.31. The highest BCUT2D eigenvalue weighted by atomic mass is 16.5. The number of carbonyl (C=O) groups excluding carboxylic acids is 1. The van der Waals surface area contributed by atoms with Crippen molar-refractivity contribution in [3.63, 3.8) is 0 Å². The molecule has 1 N–H and O–H groups in total. The van der Waals surface area contributed by atoms with Crippen LogP contribution in [0.25, 0.3) is 10.9 Å². The van der Waals surface area contributed by atoms with E-state index in [0.717, 1.165) is 17.9 Å². The van der Waals surface area contributed by atoms with Crippen molar-refractivity contribution in [1.29, 1.82) is 0 Å². The SMILES string of the molecule is COc1cccc(CNC(=O)CCc2cn(Cc3ccccc3)c3ccccc23)c1. The van der Waals surface area contributed by atoms with E-state index in [-0.39, 0.29) is 5.91 Å². The number of carbonyl (C=O) groups is 1. The molecule has 3 aromatic carbocycles. The lowest BCUT2D eigenvalue weighted by Gasteiger charge is -2.07. The Hall–Kier alpha value is -3.53. The molecule has 4 heteroatoms. The van der Waals surface area contributed by atoms with E-state index in [9.17, 15) is 4.79 Å². The Morgan fingerprint density at radius 1 is 0.933 bits per heavy atom. The van der Waals surface area contributed by atoms with E-state index in [1.807, 2.05) is 30.3 Å². The van der Waals surface area contributed by atoms with Crippen molar-refractivity contribution in [2.24, 2.45) is 0 Å². The van der Waals surface area contributed by atoms with Gasteiger partial charge in [-0.2, -0.15) is 0 Å². The Labute approximate surface area is 177 Å². The molecule has 1 amide bonds. The van der Waals surface area contributed by atoms with Gasteiger partial charge in [0.15, 0.2) is 0 Å². The molecular formula is C26H26N2O2. The van der Waals surface area contributed by atoms with Crippen molar-refractivity contribution in [3.05, 3.63) is 102 Å². The second kappa shape index (κ2) is 9.31.